The van der Waals surface area contributed by atoms with Crippen molar-refractivity contribution in [2.24, 2.45) is 0 Å². The molecule has 2 aromatic heterocycles. The summed E-state index contributed by atoms with van der Waals surface area (Å²) < 4.78 is 0. The summed E-state index contributed by atoms with van der Waals surface area (Å²) in [5, 5.41) is 2.79. The standard InChI is InChI=1S/C16H15N5O/c1-3-13(22)17-7-11-5-4-6-12(10(11)2)14-15-16(20-8-18-14)21-9-19-15/h3-6,8-9H,1,7H2,2H3,(H,17,22)(H,18,19,20,21). The van der Waals surface area contributed by atoms with Gasteiger partial charge in [0.25, 0.3) is 0 Å². The Bertz CT molecular complexity index is 853. The summed E-state index contributed by atoms with van der Waals surface area (Å²) in [6.07, 6.45) is 4.37. The number of H-pyrrole nitrogens is 1. The lowest BCUT2D eigenvalue weighted by molar-refractivity contribution is -0.116. The zero-order valence-electron chi connectivity index (χ0n) is 12.1. The highest BCUT2D eigenvalue weighted by Gasteiger charge is 2.12. The van der Waals surface area contributed by atoms with Crippen LogP contribution in [0.5, 0.6) is 0 Å². The molecule has 0 bridgehead atoms. The van der Waals surface area contributed by atoms with Crippen molar-refractivity contribution in [1.82, 2.24) is 25.3 Å². The average molecular weight is 293 g/mol. The van der Waals surface area contributed by atoms with E-state index < -0.39 is 0 Å². The summed E-state index contributed by atoms with van der Waals surface area (Å²) >= 11 is 0. The molecule has 1 amide bonds. The van der Waals surface area contributed by atoms with Crippen molar-refractivity contribution in [2.75, 3.05) is 0 Å². The first-order valence-corrected chi connectivity index (χ1v) is 6.84. The van der Waals surface area contributed by atoms with E-state index in [0.717, 1.165) is 27.9 Å². The monoisotopic (exact) mass is 293 g/mol. The number of aromatic amines is 1. The number of hydrogen-bond acceptors (Lipinski definition) is 4. The Labute approximate surface area is 127 Å². The normalized spacial score (nSPS) is 10.6. The molecule has 0 fully saturated rings. The Morgan fingerprint density at radius 3 is 3.05 bits per heavy atom. The number of amides is 1. The second-order valence-electron chi connectivity index (χ2n) is 4.84. The van der Waals surface area contributed by atoms with Crippen molar-refractivity contribution in [1.29, 1.82) is 0 Å². The maximum Gasteiger partial charge on any atom is 0.243 e. The average Bonchev–Trinajstić information content (AvgIpc) is 3.02. The molecule has 6 heteroatoms. The van der Waals surface area contributed by atoms with Gasteiger partial charge in [0.1, 0.15) is 11.8 Å². The van der Waals surface area contributed by atoms with Gasteiger partial charge in [0.2, 0.25) is 5.91 Å². The van der Waals surface area contributed by atoms with E-state index in [-0.39, 0.29) is 5.91 Å². The molecule has 0 aliphatic carbocycles. The summed E-state index contributed by atoms with van der Waals surface area (Å²) in [5.74, 6) is -0.192. The van der Waals surface area contributed by atoms with Crippen LogP contribution in [-0.2, 0) is 11.3 Å². The molecular formula is C16H15N5O. The molecule has 3 aromatic rings. The number of carbonyl (C=O) groups excluding carboxylic acids is 1. The van der Waals surface area contributed by atoms with Crippen LogP contribution in [0.15, 0.2) is 43.5 Å². The van der Waals surface area contributed by atoms with E-state index in [9.17, 15) is 4.79 Å². The smallest absolute Gasteiger partial charge is 0.243 e. The Kier molecular flexibility index (Phi) is 3.65. The van der Waals surface area contributed by atoms with Crippen LogP contribution in [-0.4, -0.2) is 25.8 Å². The van der Waals surface area contributed by atoms with Gasteiger partial charge in [-0.25, -0.2) is 15.0 Å². The summed E-state index contributed by atoms with van der Waals surface area (Å²) in [4.78, 5) is 27.1. The topological polar surface area (TPSA) is 83.6 Å². The van der Waals surface area contributed by atoms with Gasteiger partial charge in [-0.1, -0.05) is 24.8 Å². The second kappa shape index (κ2) is 5.77. The first-order valence-electron chi connectivity index (χ1n) is 6.84. The van der Waals surface area contributed by atoms with Crippen LogP contribution in [0.25, 0.3) is 22.4 Å². The predicted octanol–water partition coefficient (Wildman–Crippen LogP) is 2.13. The second-order valence-corrected chi connectivity index (χ2v) is 4.84. The summed E-state index contributed by atoms with van der Waals surface area (Å²) in [7, 11) is 0. The fourth-order valence-corrected chi connectivity index (χ4v) is 2.36. The molecule has 6 nitrogen and oxygen atoms in total. The lowest BCUT2D eigenvalue weighted by atomic mass is 9.99. The molecule has 2 heterocycles. The number of rotatable bonds is 4. The first-order chi connectivity index (χ1) is 10.7. The summed E-state index contributed by atoms with van der Waals surface area (Å²) in [6.45, 7) is 5.90. The predicted molar refractivity (Wildman–Crippen MR) is 83.9 cm³/mol. The van der Waals surface area contributed by atoms with Gasteiger partial charge in [-0.15, -0.1) is 0 Å². The van der Waals surface area contributed by atoms with Crippen molar-refractivity contribution in [3.63, 3.8) is 0 Å². The highest BCUT2D eigenvalue weighted by Crippen LogP contribution is 2.27. The van der Waals surface area contributed by atoms with E-state index in [1.807, 2.05) is 25.1 Å². The first kappa shape index (κ1) is 13.9. The number of carbonyl (C=O) groups is 1. The Morgan fingerprint density at radius 2 is 2.23 bits per heavy atom. The number of benzene rings is 1. The molecule has 1 aromatic carbocycles. The van der Waals surface area contributed by atoms with Crippen molar-refractivity contribution in [3.8, 4) is 11.3 Å². The minimum atomic E-state index is -0.192. The Morgan fingerprint density at radius 1 is 1.36 bits per heavy atom. The Balaban J connectivity index is 2.03. The molecule has 0 atom stereocenters. The van der Waals surface area contributed by atoms with Crippen LogP contribution < -0.4 is 5.32 Å². The number of nitrogens with one attached hydrogen (secondary N) is 2. The molecule has 0 aliphatic rings. The van der Waals surface area contributed by atoms with E-state index >= 15 is 0 Å². The third-order valence-electron chi connectivity index (χ3n) is 3.56. The highest BCUT2D eigenvalue weighted by molar-refractivity contribution is 5.88. The molecule has 0 saturated carbocycles. The largest absolute Gasteiger partial charge is 0.348 e. The third kappa shape index (κ3) is 2.46. The van der Waals surface area contributed by atoms with Crippen LogP contribution in [0, 0.1) is 6.92 Å². The molecule has 0 spiro atoms. The summed E-state index contributed by atoms with van der Waals surface area (Å²) in [6, 6.07) is 5.92. The van der Waals surface area contributed by atoms with Gasteiger partial charge in [0.15, 0.2) is 5.65 Å². The van der Waals surface area contributed by atoms with Crippen LogP contribution in [0.4, 0.5) is 0 Å². The molecule has 0 unspecified atom stereocenters. The fourth-order valence-electron chi connectivity index (χ4n) is 2.36. The van der Waals surface area contributed by atoms with Crippen molar-refractivity contribution in [2.45, 2.75) is 13.5 Å². The van der Waals surface area contributed by atoms with Crippen LogP contribution in [0.2, 0.25) is 0 Å². The van der Waals surface area contributed by atoms with Crippen LogP contribution >= 0.6 is 0 Å². The molecule has 22 heavy (non-hydrogen) atoms. The van der Waals surface area contributed by atoms with Gasteiger partial charge < -0.3 is 10.3 Å². The molecule has 3 rings (SSSR count). The number of nitrogens with zero attached hydrogens (tertiary/aromatic N) is 3. The molecule has 0 saturated heterocycles. The van der Waals surface area contributed by atoms with Crippen molar-refractivity contribution in [3.05, 3.63) is 54.6 Å². The van der Waals surface area contributed by atoms with E-state index in [4.69, 9.17) is 0 Å². The quantitative estimate of drug-likeness (QED) is 0.722. The minimum absolute atomic E-state index is 0.192. The van der Waals surface area contributed by atoms with Crippen LogP contribution in [0.3, 0.4) is 0 Å². The van der Waals surface area contributed by atoms with Gasteiger partial charge in [-0.2, -0.15) is 0 Å². The fraction of sp³-hybridized carbons (Fsp3) is 0.125. The summed E-state index contributed by atoms with van der Waals surface area (Å²) in [5.41, 5.74) is 5.31. The molecule has 0 radical (unpaired) electrons. The highest BCUT2D eigenvalue weighted by atomic mass is 16.1. The van der Waals surface area contributed by atoms with Gasteiger partial charge in [0.05, 0.1) is 12.0 Å². The number of aromatic nitrogens is 4. The van der Waals surface area contributed by atoms with Crippen molar-refractivity contribution < 1.29 is 4.79 Å². The van der Waals surface area contributed by atoms with Crippen LogP contribution in [0.1, 0.15) is 11.1 Å². The van der Waals surface area contributed by atoms with E-state index in [1.165, 1.54) is 12.4 Å². The van der Waals surface area contributed by atoms with Gasteiger partial charge >= 0.3 is 0 Å². The van der Waals surface area contributed by atoms with Gasteiger partial charge in [0, 0.05) is 12.1 Å². The molecular weight excluding hydrogens is 278 g/mol. The number of imidazole rings is 1. The molecule has 110 valence electrons. The third-order valence-corrected chi connectivity index (χ3v) is 3.56. The molecule has 0 aliphatic heterocycles. The minimum Gasteiger partial charge on any atom is -0.348 e. The zero-order chi connectivity index (χ0) is 15.5. The number of fused-ring (bicyclic) bond motifs is 1. The lowest BCUT2D eigenvalue weighted by Gasteiger charge is -2.11. The zero-order valence-corrected chi connectivity index (χ0v) is 12.1. The SMILES string of the molecule is C=CC(=O)NCc1cccc(-c2ncnc3nc[nH]c23)c1C. The maximum atomic E-state index is 11.3. The molecule has 2 N–H and O–H groups in total. The van der Waals surface area contributed by atoms with Gasteiger partial charge in [-0.3, -0.25) is 4.79 Å². The lowest BCUT2D eigenvalue weighted by Crippen LogP contribution is -2.20. The Hall–Kier alpha value is -3.02. The van der Waals surface area contributed by atoms with E-state index in [0.29, 0.717) is 12.2 Å². The number of hydrogen-bond donors (Lipinski definition) is 2. The van der Waals surface area contributed by atoms with Crippen molar-refractivity contribution >= 4 is 17.1 Å². The van der Waals surface area contributed by atoms with E-state index in [2.05, 4.69) is 31.8 Å². The maximum absolute atomic E-state index is 11.3. The van der Waals surface area contributed by atoms with E-state index in [1.54, 1.807) is 6.33 Å². The van der Waals surface area contributed by atoms with Gasteiger partial charge in [-0.05, 0) is 24.1 Å².